The van der Waals surface area contributed by atoms with Crippen LogP contribution < -0.4 is 5.76 Å². The SMILES string of the molecule is Cc1ccc2oc(=O)n(-c3cccc(F)c3)c(=S)c2c1. The Kier molecular flexibility index (Phi) is 2.99. The monoisotopic (exact) mass is 287 g/mol. The van der Waals surface area contributed by atoms with Gasteiger partial charge in [-0.2, -0.15) is 0 Å². The van der Waals surface area contributed by atoms with Crippen LogP contribution in [-0.2, 0) is 0 Å². The van der Waals surface area contributed by atoms with Crippen LogP contribution >= 0.6 is 12.2 Å². The molecule has 0 fully saturated rings. The quantitative estimate of drug-likeness (QED) is 0.639. The predicted molar refractivity (Wildman–Crippen MR) is 77.3 cm³/mol. The average Bonchev–Trinajstić information content (AvgIpc) is 2.40. The van der Waals surface area contributed by atoms with E-state index >= 15 is 0 Å². The second kappa shape index (κ2) is 4.68. The first kappa shape index (κ1) is 12.7. The van der Waals surface area contributed by atoms with Crippen LogP contribution in [0.1, 0.15) is 5.56 Å². The number of benzene rings is 2. The Bertz CT molecular complexity index is 927. The van der Waals surface area contributed by atoms with Crippen molar-refractivity contribution in [3.63, 3.8) is 0 Å². The highest BCUT2D eigenvalue weighted by molar-refractivity contribution is 7.71. The van der Waals surface area contributed by atoms with Crippen molar-refractivity contribution in [2.45, 2.75) is 6.92 Å². The molecule has 0 aliphatic heterocycles. The van der Waals surface area contributed by atoms with Gasteiger partial charge >= 0.3 is 5.76 Å². The zero-order valence-corrected chi connectivity index (χ0v) is 11.4. The second-order valence-electron chi connectivity index (χ2n) is 4.49. The molecule has 0 aliphatic rings. The normalized spacial score (nSPS) is 10.9. The third kappa shape index (κ3) is 2.06. The van der Waals surface area contributed by atoms with Gasteiger partial charge < -0.3 is 4.42 Å². The summed E-state index contributed by atoms with van der Waals surface area (Å²) in [5, 5.41) is 0.656. The lowest BCUT2D eigenvalue weighted by Gasteiger charge is -2.07. The standard InChI is InChI=1S/C15H10FNO2S/c1-9-5-6-13-12(7-9)14(20)17(15(18)19-13)11-4-2-3-10(16)8-11/h2-8H,1H3. The van der Waals surface area contributed by atoms with Gasteiger partial charge in [-0.15, -0.1) is 0 Å². The van der Waals surface area contributed by atoms with E-state index in [0.29, 0.717) is 21.3 Å². The van der Waals surface area contributed by atoms with E-state index in [-0.39, 0.29) is 0 Å². The van der Waals surface area contributed by atoms with Crippen LogP contribution in [0.3, 0.4) is 0 Å². The molecule has 5 heteroatoms. The molecule has 1 aromatic heterocycles. The maximum atomic E-state index is 13.3. The van der Waals surface area contributed by atoms with E-state index in [2.05, 4.69) is 0 Å². The van der Waals surface area contributed by atoms with Gasteiger partial charge in [-0.1, -0.05) is 29.9 Å². The summed E-state index contributed by atoms with van der Waals surface area (Å²) in [4.78, 5) is 12.1. The molecule has 0 N–H and O–H groups in total. The first-order valence-electron chi connectivity index (χ1n) is 5.99. The number of rotatable bonds is 1. The maximum absolute atomic E-state index is 13.3. The Hall–Kier alpha value is -2.27. The molecule has 0 radical (unpaired) electrons. The van der Waals surface area contributed by atoms with Crippen molar-refractivity contribution < 1.29 is 8.81 Å². The summed E-state index contributed by atoms with van der Waals surface area (Å²) in [6.07, 6.45) is 0. The van der Waals surface area contributed by atoms with Crippen molar-refractivity contribution >= 4 is 23.2 Å². The van der Waals surface area contributed by atoms with E-state index in [1.807, 2.05) is 19.1 Å². The Balaban J connectivity index is 2.42. The summed E-state index contributed by atoms with van der Waals surface area (Å²) < 4.78 is 20.1. The predicted octanol–water partition coefficient (Wildman–Crippen LogP) is 3.76. The lowest BCUT2D eigenvalue weighted by Crippen LogP contribution is -2.18. The molecule has 1 heterocycles. The highest BCUT2D eigenvalue weighted by atomic mass is 32.1. The molecule has 3 rings (SSSR count). The van der Waals surface area contributed by atoms with Crippen LogP contribution in [-0.4, -0.2) is 4.57 Å². The van der Waals surface area contributed by atoms with Crippen molar-refractivity contribution in [1.29, 1.82) is 0 Å². The number of nitrogens with zero attached hydrogens (tertiary/aromatic N) is 1. The number of halogens is 1. The van der Waals surface area contributed by atoms with Crippen molar-refractivity contribution in [2.24, 2.45) is 0 Å². The second-order valence-corrected chi connectivity index (χ2v) is 4.87. The van der Waals surface area contributed by atoms with Crippen LogP contribution in [0.2, 0.25) is 0 Å². The number of hydrogen-bond donors (Lipinski definition) is 0. The Morgan fingerprint density at radius 2 is 2.00 bits per heavy atom. The molecule has 0 aliphatic carbocycles. The van der Waals surface area contributed by atoms with Crippen LogP contribution in [0.25, 0.3) is 16.7 Å². The van der Waals surface area contributed by atoms with E-state index in [0.717, 1.165) is 5.56 Å². The molecule has 0 amide bonds. The van der Waals surface area contributed by atoms with Crippen molar-refractivity contribution in [3.05, 3.63) is 69.0 Å². The van der Waals surface area contributed by atoms with E-state index < -0.39 is 11.6 Å². The molecule has 0 atom stereocenters. The minimum Gasteiger partial charge on any atom is -0.409 e. The van der Waals surface area contributed by atoms with Gasteiger partial charge in [0.1, 0.15) is 16.0 Å². The summed E-state index contributed by atoms with van der Waals surface area (Å²) in [7, 11) is 0. The Morgan fingerprint density at radius 3 is 2.75 bits per heavy atom. The average molecular weight is 287 g/mol. The van der Waals surface area contributed by atoms with Crippen LogP contribution in [0.4, 0.5) is 4.39 Å². The molecule has 0 bridgehead atoms. The molecule has 2 aromatic carbocycles. The third-order valence-corrected chi connectivity index (χ3v) is 3.42. The van der Waals surface area contributed by atoms with E-state index in [1.165, 1.54) is 22.8 Å². The molecular formula is C15H10FNO2S. The van der Waals surface area contributed by atoms with Gasteiger partial charge in [0.2, 0.25) is 0 Å². The van der Waals surface area contributed by atoms with E-state index in [1.54, 1.807) is 12.1 Å². The van der Waals surface area contributed by atoms with Gasteiger partial charge in [0.15, 0.2) is 0 Å². The molecule has 3 nitrogen and oxygen atoms in total. The lowest BCUT2D eigenvalue weighted by molar-refractivity contribution is 0.506. The van der Waals surface area contributed by atoms with Gasteiger partial charge in [-0.3, -0.25) is 0 Å². The van der Waals surface area contributed by atoms with E-state index in [4.69, 9.17) is 16.6 Å². The number of aromatic nitrogens is 1. The molecule has 20 heavy (non-hydrogen) atoms. The van der Waals surface area contributed by atoms with Crippen molar-refractivity contribution in [3.8, 4) is 5.69 Å². The van der Waals surface area contributed by atoms with Crippen LogP contribution in [0, 0.1) is 17.4 Å². The fraction of sp³-hybridized carbons (Fsp3) is 0.0667. The van der Waals surface area contributed by atoms with Crippen LogP contribution in [0.5, 0.6) is 0 Å². The molecule has 0 saturated heterocycles. The zero-order chi connectivity index (χ0) is 14.3. The largest absolute Gasteiger partial charge is 0.425 e. The molecule has 0 saturated carbocycles. The number of fused-ring (bicyclic) bond motifs is 1. The van der Waals surface area contributed by atoms with E-state index in [9.17, 15) is 9.18 Å². The first-order valence-corrected chi connectivity index (χ1v) is 6.39. The molecule has 3 aromatic rings. The minimum atomic E-state index is -0.628. The van der Waals surface area contributed by atoms with Crippen molar-refractivity contribution in [1.82, 2.24) is 4.57 Å². The molecular weight excluding hydrogens is 277 g/mol. The summed E-state index contributed by atoms with van der Waals surface area (Å²) in [6, 6.07) is 11.1. The van der Waals surface area contributed by atoms with Gasteiger partial charge in [0, 0.05) is 0 Å². The van der Waals surface area contributed by atoms with Gasteiger partial charge in [0.25, 0.3) is 0 Å². The number of hydrogen-bond acceptors (Lipinski definition) is 3. The van der Waals surface area contributed by atoms with Crippen molar-refractivity contribution in [2.75, 3.05) is 0 Å². The third-order valence-electron chi connectivity index (χ3n) is 3.01. The van der Waals surface area contributed by atoms with Gasteiger partial charge in [-0.25, -0.2) is 13.8 Å². The summed E-state index contributed by atoms with van der Waals surface area (Å²) in [5.74, 6) is -1.06. The van der Waals surface area contributed by atoms with Gasteiger partial charge in [0.05, 0.1) is 11.1 Å². The Morgan fingerprint density at radius 1 is 1.20 bits per heavy atom. The first-order chi connectivity index (χ1) is 9.56. The Labute approximate surface area is 118 Å². The van der Waals surface area contributed by atoms with Crippen LogP contribution in [0.15, 0.2) is 51.7 Å². The number of aryl methyl sites for hydroxylation is 1. The smallest absolute Gasteiger partial charge is 0.409 e. The summed E-state index contributed by atoms with van der Waals surface area (Å²) in [6.45, 7) is 1.92. The molecule has 0 unspecified atom stereocenters. The minimum absolute atomic E-state index is 0.311. The highest BCUT2D eigenvalue weighted by Crippen LogP contribution is 2.18. The zero-order valence-electron chi connectivity index (χ0n) is 10.6. The summed E-state index contributed by atoms with van der Waals surface area (Å²) in [5.41, 5.74) is 1.79. The lowest BCUT2D eigenvalue weighted by atomic mass is 10.2. The maximum Gasteiger partial charge on any atom is 0.425 e. The van der Waals surface area contributed by atoms with Gasteiger partial charge in [-0.05, 0) is 37.3 Å². The summed E-state index contributed by atoms with van der Waals surface area (Å²) >= 11 is 5.35. The fourth-order valence-corrected chi connectivity index (χ4v) is 2.42. The molecule has 0 spiro atoms. The highest BCUT2D eigenvalue weighted by Gasteiger charge is 2.09. The topological polar surface area (TPSA) is 35.1 Å². The molecule has 100 valence electrons. The fourth-order valence-electron chi connectivity index (χ4n) is 2.08.